The van der Waals surface area contributed by atoms with Gasteiger partial charge in [-0.1, -0.05) is 47.1 Å². The zero-order chi connectivity index (χ0) is 12.3. The molecule has 0 atom stereocenters. The number of carbonyl (C=O) groups is 1. The third kappa shape index (κ3) is 3.03. The van der Waals surface area contributed by atoms with Crippen LogP contribution in [0.5, 0.6) is 0 Å². The Labute approximate surface area is 114 Å². The van der Waals surface area contributed by atoms with Crippen LogP contribution in [-0.4, -0.2) is 6.29 Å². The fourth-order valence-electron chi connectivity index (χ4n) is 1.32. The van der Waals surface area contributed by atoms with E-state index in [4.69, 9.17) is 23.2 Å². The fourth-order valence-corrected chi connectivity index (χ4v) is 2.74. The van der Waals surface area contributed by atoms with Gasteiger partial charge in [0.25, 0.3) is 0 Å². The van der Waals surface area contributed by atoms with Gasteiger partial charge in [-0.3, -0.25) is 4.79 Å². The van der Waals surface area contributed by atoms with Crippen molar-refractivity contribution in [1.29, 1.82) is 0 Å². The Bertz CT molecular complexity index is 555. The lowest BCUT2D eigenvalue weighted by Gasteiger charge is -2.05. The maximum Gasteiger partial charge on any atom is 0.151 e. The lowest BCUT2D eigenvalue weighted by Crippen LogP contribution is -1.82. The number of rotatable bonds is 3. The van der Waals surface area contributed by atoms with Gasteiger partial charge in [-0.15, -0.1) is 0 Å². The number of hydrogen-bond donors (Lipinski definition) is 0. The average Bonchev–Trinajstić information content (AvgIpc) is 2.32. The molecule has 0 bridgehead atoms. The Morgan fingerprint density at radius 1 is 1.00 bits per heavy atom. The molecule has 0 aromatic heterocycles. The second-order valence-corrected chi connectivity index (χ2v) is 5.26. The summed E-state index contributed by atoms with van der Waals surface area (Å²) >= 11 is 13.5. The van der Waals surface area contributed by atoms with Crippen LogP contribution in [0.15, 0.2) is 52.3 Å². The van der Waals surface area contributed by atoms with E-state index in [9.17, 15) is 4.79 Å². The van der Waals surface area contributed by atoms with Crippen LogP contribution in [0.2, 0.25) is 10.0 Å². The highest BCUT2D eigenvalue weighted by Gasteiger charge is 2.04. The summed E-state index contributed by atoms with van der Waals surface area (Å²) in [5, 5.41) is 1.16. The van der Waals surface area contributed by atoms with Gasteiger partial charge in [-0.2, -0.15) is 0 Å². The molecule has 86 valence electrons. The van der Waals surface area contributed by atoms with Crippen LogP contribution in [0.1, 0.15) is 10.4 Å². The van der Waals surface area contributed by atoms with Crippen molar-refractivity contribution in [1.82, 2.24) is 0 Å². The van der Waals surface area contributed by atoms with Gasteiger partial charge in [0.2, 0.25) is 0 Å². The molecule has 17 heavy (non-hydrogen) atoms. The van der Waals surface area contributed by atoms with E-state index in [1.165, 1.54) is 11.8 Å². The zero-order valence-corrected chi connectivity index (χ0v) is 11.0. The molecule has 1 nitrogen and oxygen atoms in total. The topological polar surface area (TPSA) is 17.1 Å². The molecule has 0 radical (unpaired) electrons. The number of hydrogen-bond acceptors (Lipinski definition) is 2. The second-order valence-electron chi connectivity index (χ2n) is 3.33. The van der Waals surface area contributed by atoms with Crippen LogP contribution >= 0.6 is 35.0 Å². The molecule has 0 aliphatic carbocycles. The molecule has 2 aromatic carbocycles. The molecule has 0 spiro atoms. The van der Waals surface area contributed by atoms with E-state index in [0.29, 0.717) is 15.6 Å². The first kappa shape index (κ1) is 12.5. The molecule has 0 unspecified atom stereocenters. The minimum atomic E-state index is 0.456. The zero-order valence-electron chi connectivity index (χ0n) is 8.69. The Morgan fingerprint density at radius 2 is 1.76 bits per heavy atom. The Kier molecular flexibility index (Phi) is 4.11. The Morgan fingerprint density at radius 3 is 2.41 bits per heavy atom. The summed E-state index contributed by atoms with van der Waals surface area (Å²) in [4.78, 5) is 12.6. The van der Waals surface area contributed by atoms with E-state index in [2.05, 4.69) is 0 Å². The van der Waals surface area contributed by atoms with E-state index in [1.54, 1.807) is 12.1 Å². The summed E-state index contributed by atoms with van der Waals surface area (Å²) in [5.41, 5.74) is 0.496. The first-order valence-electron chi connectivity index (χ1n) is 4.88. The summed E-state index contributed by atoms with van der Waals surface area (Å²) in [6, 6.07) is 12.9. The van der Waals surface area contributed by atoms with Crippen LogP contribution in [0.3, 0.4) is 0 Å². The van der Waals surface area contributed by atoms with Crippen LogP contribution in [0, 0.1) is 0 Å². The number of benzene rings is 2. The van der Waals surface area contributed by atoms with Crippen molar-refractivity contribution in [3.63, 3.8) is 0 Å². The third-order valence-corrected chi connectivity index (χ3v) is 4.00. The van der Waals surface area contributed by atoms with Crippen LogP contribution < -0.4 is 0 Å². The SMILES string of the molecule is O=Cc1ccc(Sc2ccccc2Cl)cc1Cl. The minimum absolute atomic E-state index is 0.456. The highest BCUT2D eigenvalue weighted by Crippen LogP contribution is 2.34. The molecular weight excluding hydrogens is 275 g/mol. The summed E-state index contributed by atoms with van der Waals surface area (Å²) in [5.74, 6) is 0. The average molecular weight is 283 g/mol. The van der Waals surface area contributed by atoms with Crippen molar-refractivity contribution in [2.24, 2.45) is 0 Å². The summed E-state index contributed by atoms with van der Waals surface area (Å²) in [6.07, 6.45) is 0.742. The highest BCUT2D eigenvalue weighted by atomic mass is 35.5. The first-order chi connectivity index (χ1) is 8.20. The Balaban J connectivity index is 2.28. The lowest BCUT2D eigenvalue weighted by molar-refractivity contribution is 0.112. The highest BCUT2D eigenvalue weighted by molar-refractivity contribution is 7.99. The first-order valence-corrected chi connectivity index (χ1v) is 6.45. The number of aldehydes is 1. The van der Waals surface area contributed by atoms with Gasteiger partial charge in [0.05, 0.1) is 10.0 Å². The quantitative estimate of drug-likeness (QED) is 0.741. The molecule has 0 aliphatic rings. The van der Waals surface area contributed by atoms with Gasteiger partial charge in [-0.05, 0) is 30.3 Å². The summed E-state index contributed by atoms with van der Waals surface area (Å²) in [7, 11) is 0. The minimum Gasteiger partial charge on any atom is -0.298 e. The van der Waals surface area contributed by atoms with Gasteiger partial charge in [0.1, 0.15) is 0 Å². The van der Waals surface area contributed by atoms with E-state index in [1.807, 2.05) is 30.3 Å². The van der Waals surface area contributed by atoms with Gasteiger partial charge < -0.3 is 0 Å². The predicted octanol–water partition coefficient (Wildman–Crippen LogP) is 4.96. The van der Waals surface area contributed by atoms with Gasteiger partial charge in [-0.25, -0.2) is 0 Å². The molecule has 0 fully saturated rings. The van der Waals surface area contributed by atoms with Crippen molar-refractivity contribution in [3.05, 3.63) is 58.1 Å². The fraction of sp³-hybridized carbons (Fsp3) is 0. The van der Waals surface area contributed by atoms with E-state index in [0.717, 1.165) is 16.1 Å². The third-order valence-electron chi connectivity index (χ3n) is 2.16. The normalized spacial score (nSPS) is 10.2. The lowest BCUT2D eigenvalue weighted by atomic mass is 10.2. The van der Waals surface area contributed by atoms with Crippen LogP contribution in [0.25, 0.3) is 0 Å². The van der Waals surface area contributed by atoms with E-state index in [-0.39, 0.29) is 0 Å². The summed E-state index contributed by atoms with van der Waals surface area (Å²) in [6.45, 7) is 0. The maximum absolute atomic E-state index is 10.6. The van der Waals surface area contributed by atoms with Gasteiger partial charge in [0.15, 0.2) is 6.29 Å². The molecule has 0 heterocycles. The largest absolute Gasteiger partial charge is 0.298 e. The molecule has 0 N–H and O–H groups in total. The molecule has 0 saturated carbocycles. The summed E-state index contributed by atoms with van der Waals surface area (Å²) < 4.78 is 0. The smallest absolute Gasteiger partial charge is 0.151 e. The predicted molar refractivity (Wildman–Crippen MR) is 72.4 cm³/mol. The van der Waals surface area contributed by atoms with Crippen LogP contribution in [-0.2, 0) is 0 Å². The molecule has 4 heteroatoms. The van der Waals surface area contributed by atoms with Crippen molar-refractivity contribution < 1.29 is 4.79 Å². The standard InChI is InChI=1S/C13H8Cl2OS/c14-11-3-1-2-4-13(11)17-10-6-5-9(8-16)12(15)7-10/h1-8H. The molecule has 0 aliphatic heterocycles. The number of carbonyl (C=O) groups excluding carboxylic acids is 1. The molecule has 0 saturated heterocycles. The van der Waals surface area contributed by atoms with E-state index < -0.39 is 0 Å². The van der Waals surface area contributed by atoms with Crippen LogP contribution in [0.4, 0.5) is 0 Å². The van der Waals surface area contributed by atoms with Crippen molar-refractivity contribution in [2.75, 3.05) is 0 Å². The van der Waals surface area contributed by atoms with Crippen molar-refractivity contribution in [2.45, 2.75) is 9.79 Å². The van der Waals surface area contributed by atoms with E-state index >= 15 is 0 Å². The van der Waals surface area contributed by atoms with Gasteiger partial charge in [0, 0.05) is 15.4 Å². The molecule has 2 aromatic rings. The molecule has 0 amide bonds. The monoisotopic (exact) mass is 282 g/mol. The maximum atomic E-state index is 10.6. The van der Waals surface area contributed by atoms with Crippen molar-refractivity contribution >= 4 is 41.2 Å². The molecule has 2 rings (SSSR count). The van der Waals surface area contributed by atoms with Gasteiger partial charge >= 0.3 is 0 Å². The second kappa shape index (κ2) is 5.58. The Hall–Kier alpha value is -0.960. The number of halogens is 2. The molecular formula is C13H8Cl2OS. The van der Waals surface area contributed by atoms with Crippen molar-refractivity contribution in [3.8, 4) is 0 Å².